The number of thiophene rings is 1. The van der Waals surface area contributed by atoms with Crippen molar-refractivity contribution in [1.29, 1.82) is 0 Å². The molecule has 0 N–H and O–H groups in total. The maximum Gasteiger partial charge on any atom is 0.0972 e. The van der Waals surface area contributed by atoms with Gasteiger partial charge in [0.25, 0.3) is 0 Å². The maximum atomic E-state index is 5.42. The van der Waals surface area contributed by atoms with Crippen LogP contribution in [0, 0.1) is 0 Å². The minimum atomic E-state index is 0.913. The summed E-state index contributed by atoms with van der Waals surface area (Å²) in [4.78, 5) is 15.7. The molecule has 0 bridgehead atoms. The fourth-order valence-electron chi connectivity index (χ4n) is 7.79. The summed E-state index contributed by atoms with van der Waals surface area (Å²) in [5.74, 6) is 0. The van der Waals surface area contributed by atoms with Crippen LogP contribution in [0.15, 0.2) is 176 Å². The number of aromatic nitrogens is 3. The molecule has 0 saturated carbocycles. The molecule has 246 valence electrons. The van der Waals surface area contributed by atoms with Crippen LogP contribution in [0.25, 0.3) is 109 Å². The molecule has 7 aromatic carbocycles. The largest absolute Gasteiger partial charge is 0.246 e. The Labute approximate surface area is 309 Å². The summed E-state index contributed by atoms with van der Waals surface area (Å²) in [6.45, 7) is 0. The molecule has 0 unspecified atom stereocenters. The summed E-state index contributed by atoms with van der Waals surface area (Å²) in [7, 11) is 0. The first-order chi connectivity index (χ1) is 26.2. The van der Waals surface area contributed by atoms with Crippen LogP contribution in [0.5, 0.6) is 0 Å². The lowest BCUT2D eigenvalue weighted by Crippen LogP contribution is -1.91. The first-order valence-electron chi connectivity index (χ1n) is 17.9. The lowest BCUT2D eigenvalue weighted by molar-refractivity contribution is 1.36. The second-order valence-electron chi connectivity index (χ2n) is 13.6. The molecule has 0 atom stereocenters. The number of hydrogen-bond acceptors (Lipinski definition) is 4. The van der Waals surface area contributed by atoms with E-state index in [1.807, 2.05) is 29.5 Å². The highest BCUT2D eigenvalue weighted by Gasteiger charge is 2.18. The van der Waals surface area contributed by atoms with Crippen molar-refractivity contribution >= 4 is 75.0 Å². The van der Waals surface area contributed by atoms with E-state index in [1.165, 1.54) is 36.3 Å². The van der Waals surface area contributed by atoms with Gasteiger partial charge in [-0.25, -0.2) is 15.0 Å². The van der Waals surface area contributed by atoms with Gasteiger partial charge in [-0.15, -0.1) is 11.3 Å². The van der Waals surface area contributed by atoms with E-state index in [4.69, 9.17) is 15.0 Å². The van der Waals surface area contributed by atoms with Crippen molar-refractivity contribution in [2.75, 3.05) is 0 Å². The van der Waals surface area contributed by atoms with Crippen molar-refractivity contribution in [1.82, 2.24) is 15.0 Å². The lowest BCUT2D eigenvalue weighted by Gasteiger charge is -2.11. The minimum Gasteiger partial charge on any atom is -0.246 e. The fraction of sp³-hybridized carbons (Fsp3) is 0. The maximum absolute atomic E-state index is 5.42. The molecular weight excluding hydrogens is 663 g/mol. The summed E-state index contributed by atoms with van der Waals surface area (Å²) in [5, 5.41) is 8.32. The van der Waals surface area contributed by atoms with Crippen LogP contribution in [0.3, 0.4) is 0 Å². The summed E-state index contributed by atoms with van der Waals surface area (Å²) in [6, 6.07) is 62.4. The molecule has 11 aromatic rings. The van der Waals surface area contributed by atoms with Crippen molar-refractivity contribution in [3.8, 4) is 44.9 Å². The average Bonchev–Trinajstić information content (AvgIpc) is 3.63. The molecule has 0 spiro atoms. The Morgan fingerprint density at radius 1 is 0.340 bits per heavy atom. The Balaban J connectivity index is 1.00. The molecule has 53 heavy (non-hydrogen) atoms. The average molecular weight is 692 g/mol. The van der Waals surface area contributed by atoms with Crippen molar-refractivity contribution in [2.45, 2.75) is 0 Å². The van der Waals surface area contributed by atoms with Gasteiger partial charge in [0.05, 0.1) is 38.3 Å². The van der Waals surface area contributed by atoms with E-state index in [1.54, 1.807) is 0 Å². The summed E-state index contributed by atoms with van der Waals surface area (Å²) >= 11 is 1.83. The van der Waals surface area contributed by atoms with Gasteiger partial charge in [0, 0.05) is 53.7 Å². The number of rotatable bonds is 4. The normalized spacial score (nSPS) is 11.8. The second kappa shape index (κ2) is 11.9. The van der Waals surface area contributed by atoms with Crippen molar-refractivity contribution in [3.05, 3.63) is 176 Å². The highest BCUT2D eigenvalue weighted by atomic mass is 32.1. The van der Waals surface area contributed by atoms with Gasteiger partial charge in [-0.05, 0) is 40.8 Å². The first-order valence-corrected chi connectivity index (χ1v) is 18.7. The van der Waals surface area contributed by atoms with Gasteiger partial charge in [-0.3, -0.25) is 0 Å². The molecule has 0 aliphatic carbocycles. The molecule has 0 fully saturated rings. The van der Waals surface area contributed by atoms with Crippen LogP contribution >= 0.6 is 11.3 Å². The molecule has 0 amide bonds. The molecule has 4 heterocycles. The highest BCUT2D eigenvalue weighted by Crippen LogP contribution is 2.44. The van der Waals surface area contributed by atoms with Crippen molar-refractivity contribution < 1.29 is 0 Å². The molecule has 0 radical (unpaired) electrons. The predicted molar refractivity (Wildman–Crippen MR) is 224 cm³/mol. The zero-order chi connectivity index (χ0) is 34.9. The molecule has 0 saturated heterocycles. The van der Waals surface area contributed by atoms with Gasteiger partial charge in [-0.1, -0.05) is 152 Å². The van der Waals surface area contributed by atoms with Crippen LogP contribution in [0.1, 0.15) is 0 Å². The summed E-state index contributed by atoms with van der Waals surface area (Å²) < 4.78 is 2.51. The van der Waals surface area contributed by atoms with Crippen LogP contribution < -0.4 is 0 Å². The molecule has 4 heteroatoms. The SMILES string of the molecule is c1ccc(-c2ccc3ccc4ccc(-c5cccc(-c6ccc(-c7nc8c9ccccc9ccc8c8c7sc7ccccc78)cc6)c5)nc4c3n2)cc1. The number of pyridine rings is 3. The molecular formula is C49H29N3S. The summed E-state index contributed by atoms with van der Waals surface area (Å²) in [6.07, 6.45) is 0. The first kappa shape index (κ1) is 29.9. The van der Waals surface area contributed by atoms with E-state index in [9.17, 15) is 0 Å². The fourth-order valence-corrected chi connectivity index (χ4v) is 9.02. The quantitative estimate of drug-likeness (QED) is 0.172. The van der Waals surface area contributed by atoms with Gasteiger partial charge in [0.15, 0.2) is 0 Å². The number of fused-ring (bicyclic) bond motifs is 10. The van der Waals surface area contributed by atoms with E-state index >= 15 is 0 Å². The highest BCUT2D eigenvalue weighted by molar-refractivity contribution is 7.26. The molecule has 3 nitrogen and oxygen atoms in total. The van der Waals surface area contributed by atoms with E-state index in [0.29, 0.717) is 0 Å². The zero-order valence-corrected chi connectivity index (χ0v) is 29.3. The monoisotopic (exact) mass is 691 g/mol. The number of hydrogen-bond donors (Lipinski definition) is 0. The van der Waals surface area contributed by atoms with E-state index in [-0.39, 0.29) is 0 Å². The van der Waals surface area contributed by atoms with Crippen LogP contribution in [0.4, 0.5) is 0 Å². The Morgan fingerprint density at radius 3 is 1.74 bits per heavy atom. The Hall–Kier alpha value is -6.75. The minimum absolute atomic E-state index is 0.913. The molecule has 0 aliphatic heterocycles. The Kier molecular flexibility index (Phi) is 6.73. The third-order valence-electron chi connectivity index (χ3n) is 10.4. The third kappa shape index (κ3) is 4.91. The smallest absolute Gasteiger partial charge is 0.0972 e. The van der Waals surface area contributed by atoms with Gasteiger partial charge in [0.1, 0.15) is 0 Å². The number of nitrogens with zero attached hydrogens (tertiary/aromatic N) is 3. The zero-order valence-electron chi connectivity index (χ0n) is 28.5. The van der Waals surface area contributed by atoms with E-state index in [0.717, 1.165) is 72.2 Å². The lowest BCUT2D eigenvalue weighted by atomic mass is 9.97. The van der Waals surface area contributed by atoms with E-state index in [2.05, 4.69) is 158 Å². The Bertz CT molecular complexity index is 3220. The van der Waals surface area contributed by atoms with Gasteiger partial charge in [-0.2, -0.15) is 0 Å². The molecule has 11 rings (SSSR count). The summed E-state index contributed by atoms with van der Waals surface area (Å²) in [5.41, 5.74) is 11.4. The van der Waals surface area contributed by atoms with Crippen LogP contribution in [-0.4, -0.2) is 15.0 Å². The van der Waals surface area contributed by atoms with Crippen LogP contribution in [0.2, 0.25) is 0 Å². The van der Waals surface area contributed by atoms with Crippen LogP contribution in [-0.2, 0) is 0 Å². The van der Waals surface area contributed by atoms with Gasteiger partial charge < -0.3 is 0 Å². The molecule has 4 aromatic heterocycles. The van der Waals surface area contributed by atoms with Crippen molar-refractivity contribution in [3.63, 3.8) is 0 Å². The number of benzene rings is 7. The van der Waals surface area contributed by atoms with Gasteiger partial charge >= 0.3 is 0 Å². The standard InChI is InChI=1S/C49H29N3S/c1-2-10-32(11-3-1)41-27-24-33-21-22-34-25-28-42(51-46(34)45(33)50-41)37-13-8-12-36(29-37)30-17-19-35(20-18-30)47-49-44(39-15-6-7-16-43(39)53-49)40-26-23-31-9-4-5-14-38(31)48(40)52-47/h1-29H. The topological polar surface area (TPSA) is 38.7 Å². The third-order valence-corrected chi connectivity index (χ3v) is 11.6. The molecule has 0 aliphatic rings. The van der Waals surface area contributed by atoms with Gasteiger partial charge in [0.2, 0.25) is 0 Å². The second-order valence-corrected chi connectivity index (χ2v) is 14.6. The van der Waals surface area contributed by atoms with E-state index < -0.39 is 0 Å². The Morgan fingerprint density at radius 2 is 0.943 bits per heavy atom. The predicted octanol–water partition coefficient (Wildman–Crippen LogP) is 13.5. The van der Waals surface area contributed by atoms with Crippen molar-refractivity contribution in [2.24, 2.45) is 0 Å².